The zero-order chi connectivity index (χ0) is 14.3. The molecule has 5 heteroatoms. The van der Waals surface area contributed by atoms with Gasteiger partial charge in [-0.1, -0.05) is 6.07 Å². The van der Waals surface area contributed by atoms with Gasteiger partial charge in [0.2, 0.25) is 5.75 Å². The number of nitrogens with zero attached hydrogens (tertiary/aromatic N) is 1. The van der Waals surface area contributed by atoms with Crippen LogP contribution >= 0.6 is 0 Å². The molecule has 0 radical (unpaired) electrons. The standard InChI is InChI=1S/C14H20N2O3/c1-10(2)16-11(8-15)9-19-14-12(17-3)6-5-7-13(14)18-4/h5-7,10-11,16H,9H2,1-4H3. The number of benzene rings is 1. The number of ether oxygens (including phenoxy) is 3. The molecule has 0 spiro atoms. The topological polar surface area (TPSA) is 63.5 Å². The molecule has 1 atom stereocenters. The molecule has 0 saturated heterocycles. The summed E-state index contributed by atoms with van der Waals surface area (Å²) in [5.74, 6) is 1.68. The summed E-state index contributed by atoms with van der Waals surface area (Å²) in [6, 6.07) is 7.39. The van der Waals surface area contributed by atoms with Crippen molar-refractivity contribution >= 4 is 0 Å². The van der Waals surface area contributed by atoms with Gasteiger partial charge in [-0.15, -0.1) is 0 Å². The summed E-state index contributed by atoms with van der Waals surface area (Å²) in [6.45, 7) is 4.19. The lowest BCUT2D eigenvalue weighted by atomic mass is 10.2. The fourth-order valence-corrected chi connectivity index (χ4v) is 1.65. The van der Waals surface area contributed by atoms with Crippen molar-refractivity contribution in [2.45, 2.75) is 25.9 Å². The highest BCUT2D eigenvalue weighted by atomic mass is 16.5. The summed E-state index contributed by atoms with van der Waals surface area (Å²) in [6.07, 6.45) is 0. The molecule has 1 unspecified atom stereocenters. The van der Waals surface area contributed by atoms with Crippen LogP contribution in [0.5, 0.6) is 17.2 Å². The minimum atomic E-state index is -0.380. The van der Waals surface area contributed by atoms with Crippen LogP contribution in [0, 0.1) is 11.3 Å². The Hall–Kier alpha value is -1.93. The lowest BCUT2D eigenvalue weighted by molar-refractivity contribution is 0.253. The van der Waals surface area contributed by atoms with Crippen molar-refractivity contribution in [3.8, 4) is 23.3 Å². The van der Waals surface area contributed by atoms with E-state index in [1.54, 1.807) is 26.4 Å². The molecule has 104 valence electrons. The van der Waals surface area contributed by atoms with Gasteiger partial charge in [0, 0.05) is 6.04 Å². The van der Waals surface area contributed by atoms with E-state index in [9.17, 15) is 0 Å². The van der Waals surface area contributed by atoms with E-state index in [2.05, 4.69) is 11.4 Å². The van der Waals surface area contributed by atoms with E-state index >= 15 is 0 Å². The number of nitriles is 1. The molecule has 0 aliphatic carbocycles. The number of hydrogen-bond donors (Lipinski definition) is 1. The molecule has 5 nitrogen and oxygen atoms in total. The second-order valence-corrected chi connectivity index (χ2v) is 4.31. The van der Waals surface area contributed by atoms with Crippen LogP contribution in [0.2, 0.25) is 0 Å². The molecule has 0 aliphatic heterocycles. The monoisotopic (exact) mass is 264 g/mol. The van der Waals surface area contributed by atoms with Crippen molar-refractivity contribution < 1.29 is 14.2 Å². The maximum Gasteiger partial charge on any atom is 0.203 e. The Morgan fingerprint density at radius 1 is 1.21 bits per heavy atom. The normalized spacial score (nSPS) is 11.8. The summed E-state index contributed by atoms with van der Waals surface area (Å²) in [7, 11) is 3.13. The third-order valence-corrected chi connectivity index (χ3v) is 2.47. The predicted octanol–water partition coefficient (Wildman–Crippen LogP) is 1.97. The molecule has 0 bridgehead atoms. The van der Waals surface area contributed by atoms with Crippen molar-refractivity contribution in [3.63, 3.8) is 0 Å². The molecule has 1 aromatic carbocycles. The largest absolute Gasteiger partial charge is 0.493 e. The van der Waals surface area contributed by atoms with Crippen molar-refractivity contribution in [1.29, 1.82) is 5.26 Å². The molecular formula is C14H20N2O3. The summed E-state index contributed by atoms with van der Waals surface area (Å²) in [4.78, 5) is 0. The van der Waals surface area contributed by atoms with Crippen molar-refractivity contribution in [3.05, 3.63) is 18.2 Å². The maximum absolute atomic E-state index is 9.05. The summed E-state index contributed by atoms with van der Waals surface area (Å²) in [5.41, 5.74) is 0. The first kappa shape index (κ1) is 15.1. The summed E-state index contributed by atoms with van der Waals surface area (Å²) >= 11 is 0. The Morgan fingerprint density at radius 3 is 2.21 bits per heavy atom. The number of para-hydroxylation sites is 1. The van der Waals surface area contributed by atoms with Gasteiger partial charge in [0.05, 0.1) is 20.3 Å². The molecular weight excluding hydrogens is 244 g/mol. The van der Waals surface area contributed by atoms with E-state index < -0.39 is 0 Å². The van der Waals surface area contributed by atoms with Crippen molar-refractivity contribution in [1.82, 2.24) is 5.32 Å². The molecule has 0 aliphatic rings. The molecule has 1 rings (SSSR count). The molecule has 1 N–H and O–H groups in total. The van der Waals surface area contributed by atoms with Crippen LogP contribution in [0.25, 0.3) is 0 Å². The zero-order valence-corrected chi connectivity index (χ0v) is 11.8. The lowest BCUT2D eigenvalue weighted by Gasteiger charge is -2.18. The van der Waals surface area contributed by atoms with E-state index in [1.165, 1.54) is 0 Å². The van der Waals surface area contributed by atoms with E-state index in [0.29, 0.717) is 17.2 Å². The average Bonchev–Trinajstić information content (AvgIpc) is 2.42. The van der Waals surface area contributed by atoms with E-state index in [4.69, 9.17) is 19.5 Å². The van der Waals surface area contributed by atoms with Gasteiger partial charge in [-0.05, 0) is 26.0 Å². The van der Waals surface area contributed by atoms with Crippen molar-refractivity contribution in [2.75, 3.05) is 20.8 Å². The van der Waals surface area contributed by atoms with Gasteiger partial charge < -0.3 is 14.2 Å². The summed E-state index contributed by atoms with van der Waals surface area (Å²) < 4.78 is 16.1. The fourth-order valence-electron chi connectivity index (χ4n) is 1.65. The molecule has 0 saturated carbocycles. The third kappa shape index (κ3) is 4.34. The Balaban J connectivity index is 2.78. The Bertz CT molecular complexity index is 419. The second-order valence-electron chi connectivity index (χ2n) is 4.31. The van der Waals surface area contributed by atoms with Crippen LogP contribution in [0.1, 0.15) is 13.8 Å². The average molecular weight is 264 g/mol. The van der Waals surface area contributed by atoms with E-state index in [1.807, 2.05) is 19.9 Å². The van der Waals surface area contributed by atoms with Crippen molar-refractivity contribution in [2.24, 2.45) is 0 Å². The Labute approximate surface area is 114 Å². The minimum Gasteiger partial charge on any atom is -0.493 e. The highest BCUT2D eigenvalue weighted by Gasteiger charge is 2.15. The predicted molar refractivity (Wildman–Crippen MR) is 72.7 cm³/mol. The quantitative estimate of drug-likeness (QED) is 0.815. The van der Waals surface area contributed by atoms with E-state index in [-0.39, 0.29) is 18.7 Å². The number of rotatable bonds is 7. The van der Waals surface area contributed by atoms with Crippen LogP contribution in [0.15, 0.2) is 18.2 Å². The van der Waals surface area contributed by atoms with Gasteiger partial charge in [-0.3, -0.25) is 5.32 Å². The van der Waals surface area contributed by atoms with Crippen LogP contribution in [-0.4, -0.2) is 32.9 Å². The maximum atomic E-state index is 9.05. The molecule has 19 heavy (non-hydrogen) atoms. The van der Waals surface area contributed by atoms with Crippen LogP contribution in [0.4, 0.5) is 0 Å². The smallest absolute Gasteiger partial charge is 0.203 e. The number of methoxy groups -OCH3 is 2. The number of hydrogen-bond acceptors (Lipinski definition) is 5. The first-order valence-corrected chi connectivity index (χ1v) is 6.11. The molecule has 0 heterocycles. The first-order valence-electron chi connectivity index (χ1n) is 6.11. The first-order chi connectivity index (χ1) is 9.12. The molecule has 0 amide bonds. The lowest BCUT2D eigenvalue weighted by Crippen LogP contribution is -2.38. The zero-order valence-electron chi connectivity index (χ0n) is 11.8. The highest BCUT2D eigenvalue weighted by molar-refractivity contribution is 5.51. The van der Waals surface area contributed by atoms with Gasteiger partial charge in [-0.2, -0.15) is 5.26 Å². The Morgan fingerprint density at radius 2 is 1.79 bits per heavy atom. The van der Waals surface area contributed by atoms with Crippen LogP contribution in [0.3, 0.4) is 0 Å². The van der Waals surface area contributed by atoms with E-state index in [0.717, 1.165) is 0 Å². The van der Waals surface area contributed by atoms with Gasteiger partial charge in [-0.25, -0.2) is 0 Å². The molecule has 0 aromatic heterocycles. The van der Waals surface area contributed by atoms with Gasteiger partial charge in [0.15, 0.2) is 11.5 Å². The molecule has 1 aromatic rings. The SMILES string of the molecule is COc1cccc(OC)c1OCC(C#N)NC(C)C. The molecule has 0 fully saturated rings. The third-order valence-electron chi connectivity index (χ3n) is 2.47. The van der Waals surface area contributed by atoms with Gasteiger partial charge >= 0.3 is 0 Å². The Kier molecular flexibility index (Phi) is 5.97. The minimum absolute atomic E-state index is 0.216. The second kappa shape index (κ2) is 7.49. The number of nitrogens with one attached hydrogen (secondary N) is 1. The highest BCUT2D eigenvalue weighted by Crippen LogP contribution is 2.36. The van der Waals surface area contributed by atoms with Gasteiger partial charge in [0.25, 0.3) is 0 Å². The van der Waals surface area contributed by atoms with Gasteiger partial charge in [0.1, 0.15) is 12.6 Å². The van der Waals surface area contributed by atoms with Crippen LogP contribution in [-0.2, 0) is 0 Å². The van der Waals surface area contributed by atoms with Crippen LogP contribution < -0.4 is 19.5 Å². The summed E-state index contributed by atoms with van der Waals surface area (Å²) in [5, 5.41) is 12.2. The fraction of sp³-hybridized carbons (Fsp3) is 0.500.